The van der Waals surface area contributed by atoms with Crippen LogP contribution in [0.15, 0.2) is 24.3 Å². The van der Waals surface area contributed by atoms with E-state index in [0.717, 1.165) is 77.0 Å². The van der Waals surface area contributed by atoms with Crippen LogP contribution in [0.1, 0.15) is 252 Å². The molecule has 0 radical (unpaired) electrons. The summed E-state index contributed by atoms with van der Waals surface area (Å²) in [5.41, 5.74) is 0. The van der Waals surface area contributed by atoms with Crippen molar-refractivity contribution in [2.75, 3.05) is 13.2 Å². The molecule has 0 aliphatic carbocycles. The molecule has 0 aliphatic heterocycles. The van der Waals surface area contributed by atoms with Crippen LogP contribution < -0.4 is 0 Å². The maximum absolute atomic E-state index is 12.7. The molecule has 0 spiro atoms. The van der Waals surface area contributed by atoms with Gasteiger partial charge in [0.05, 0.1) is 0 Å². The standard InChI is InChI=1S/C49H90O6/c1-4-7-10-13-16-19-21-22-23-24-25-26-27-28-31-33-36-39-42-48(51)54-45-46(44-53-47(50)41-38-35-32-29-18-15-12-9-6-3)55-49(52)43-40-37-34-30-20-17-14-11-8-5-2/h23-26,46H,4-22,27-45H2,1-3H3/b24-23-,26-25-. The Balaban J connectivity index is 4.29. The normalized spacial score (nSPS) is 12.1. The number of carbonyl (C=O) groups is 3. The molecular formula is C49H90O6. The predicted octanol–water partition coefficient (Wildman–Crippen LogP) is 15.2. The predicted molar refractivity (Wildman–Crippen MR) is 233 cm³/mol. The van der Waals surface area contributed by atoms with Gasteiger partial charge in [-0.25, -0.2) is 0 Å². The maximum Gasteiger partial charge on any atom is 0.306 e. The highest BCUT2D eigenvalue weighted by molar-refractivity contribution is 5.71. The van der Waals surface area contributed by atoms with Gasteiger partial charge in [-0.2, -0.15) is 0 Å². The van der Waals surface area contributed by atoms with Crippen LogP contribution in [0, 0.1) is 0 Å². The minimum atomic E-state index is -0.769. The lowest BCUT2D eigenvalue weighted by Gasteiger charge is -2.18. The number of unbranched alkanes of at least 4 members (excludes halogenated alkanes) is 29. The third-order valence-electron chi connectivity index (χ3n) is 10.5. The van der Waals surface area contributed by atoms with Crippen LogP contribution in [-0.2, 0) is 28.6 Å². The summed E-state index contributed by atoms with van der Waals surface area (Å²) in [6.07, 6.45) is 48.8. The topological polar surface area (TPSA) is 78.9 Å². The highest BCUT2D eigenvalue weighted by atomic mass is 16.6. The third-order valence-corrected chi connectivity index (χ3v) is 10.5. The number of rotatable bonds is 43. The van der Waals surface area contributed by atoms with E-state index < -0.39 is 6.10 Å². The van der Waals surface area contributed by atoms with Crippen LogP contribution in [0.2, 0.25) is 0 Å². The molecule has 0 saturated carbocycles. The van der Waals surface area contributed by atoms with Gasteiger partial charge in [-0.15, -0.1) is 0 Å². The Morgan fingerprint density at radius 1 is 0.364 bits per heavy atom. The van der Waals surface area contributed by atoms with Gasteiger partial charge in [0.2, 0.25) is 0 Å². The molecule has 322 valence electrons. The van der Waals surface area contributed by atoms with Crippen molar-refractivity contribution < 1.29 is 28.6 Å². The molecule has 0 saturated heterocycles. The maximum atomic E-state index is 12.7. The van der Waals surface area contributed by atoms with E-state index in [2.05, 4.69) is 45.1 Å². The van der Waals surface area contributed by atoms with Crippen molar-refractivity contribution in [3.63, 3.8) is 0 Å². The van der Waals surface area contributed by atoms with Crippen molar-refractivity contribution in [3.05, 3.63) is 24.3 Å². The van der Waals surface area contributed by atoms with E-state index in [-0.39, 0.29) is 31.1 Å². The van der Waals surface area contributed by atoms with Gasteiger partial charge >= 0.3 is 17.9 Å². The molecule has 0 aliphatic rings. The lowest BCUT2D eigenvalue weighted by Crippen LogP contribution is -2.30. The molecule has 0 aromatic carbocycles. The fourth-order valence-electron chi connectivity index (χ4n) is 6.84. The molecule has 6 nitrogen and oxygen atoms in total. The van der Waals surface area contributed by atoms with Crippen molar-refractivity contribution in [2.45, 2.75) is 258 Å². The molecule has 0 bridgehead atoms. The number of allylic oxidation sites excluding steroid dienone is 4. The summed E-state index contributed by atoms with van der Waals surface area (Å²) in [4.78, 5) is 37.7. The average molecular weight is 775 g/mol. The summed E-state index contributed by atoms with van der Waals surface area (Å²) in [7, 11) is 0. The lowest BCUT2D eigenvalue weighted by molar-refractivity contribution is -0.167. The van der Waals surface area contributed by atoms with Gasteiger partial charge in [0, 0.05) is 19.3 Å². The van der Waals surface area contributed by atoms with Gasteiger partial charge in [0.15, 0.2) is 6.10 Å². The number of carbonyl (C=O) groups excluding carboxylic acids is 3. The highest BCUT2D eigenvalue weighted by Gasteiger charge is 2.19. The monoisotopic (exact) mass is 775 g/mol. The summed E-state index contributed by atoms with van der Waals surface area (Å²) in [6.45, 7) is 6.59. The van der Waals surface area contributed by atoms with E-state index in [1.165, 1.54) is 135 Å². The Morgan fingerprint density at radius 3 is 0.964 bits per heavy atom. The molecule has 1 atom stereocenters. The van der Waals surface area contributed by atoms with E-state index >= 15 is 0 Å². The fourth-order valence-corrected chi connectivity index (χ4v) is 6.84. The van der Waals surface area contributed by atoms with Crippen molar-refractivity contribution in [2.24, 2.45) is 0 Å². The number of hydrogen-bond donors (Lipinski definition) is 0. The van der Waals surface area contributed by atoms with Gasteiger partial charge in [0.25, 0.3) is 0 Å². The van der Waals surface area contributed by atoms with Gasteiger partial charge in [0.1, 0.15) is 13.2 Å². The van der Waals surface area contributed by atoms with Crippen molar-refractivity contribution in [3.8, 4) is 0 Å². The van der Waals surface area contributed by atoms with Gasteiger partial charge in [-0.3, -0.25) is 14.4 Å². The zero-order valence-corrected chi connectivity index (χ0v) is 36.7. The average Bonchev–Trinajstić information content (AvgIpc) is 3.18. The van der Waals surface area contributed by atoms with Crippen LogP contribution >= 0.6 is 0 Å². The number of esters is 3. The molecule has 0 N–H and O–H groups in total. The first-order chi connectivity index (χ1) is 27.0. The Bertz CT molecular complexity index is 896. The van der Waals surface area contributed by atoms with E-state index in [1.54, 1.807) is 0 Å². The fraction of sp³-hybridized carbons (Fsp3) is 0.857. The summed E-state index contributed by atoms with van der Waals surface area (Å²) in [5.74, 6) is -0.885. The first kappa shape index (κ1) is 52.9. The second-order valence-electron chi connectivity index (χ2n) is 16.1. The van der Waals surface area contributed by atoms with Crippen LogP contribution in [0.3, 0.4) is 0 Å². The Morgan fingerprint density at radius 2 is 0.636 bits per heavy atom. The smallest absolute Gasteiger partial charge is 0.306 e. The van der Waals surface area contributed by atoms with Crippen molar-refractivity contribution in [1.29, 1.82) is 0 Å². The van der Waals surface area contributed by atoms with E-state index in [0.29, 0.717) is 19.3 Å². The summed E-state index contributed by atoms with van der Waals surface area (Å²) >= 11 is 0. The molecule has 1 unspecified atom stereocenters. The van der Waals surface area contributed by atoms with Crippen LogP contribution in [0.5, 0.6) is 0 Å². The molecule has 55 heavy (non-hydrogen) atoms. The summed E-state index contributed by atoms with van der Waals surface area (Å²) in [6, 6.07) is 0. The Labute approximate surface area is 341 Å². The SMILES string of the molecule is CCCCCCCCC/C=C\C=C/CCCCCCCC(=O)OCC(COC(=O)CCCCCCCCCCC)OC(=O)CCCCCCCCCCCC. The van der Waals surface area contributed by atoms with Crippen LogP contribution in [0.25, 0.3) is 0 Å². The summed E-state index contributed by atoms with van der Waals surface area (Å²) < 4.78 is 16.7. The van der Waals surface area contributed by atoms with Crippen molar-refractivity contribution in [1.82, 2.24) is 0 Å². The molecule has 0 rings (SSSR count). The lowest BCUT2D eigenvalue weighted by atomic mass is 10.1. The van der Waals surface area contributed by atoms with Gasteiger partial charge in [-0.05, 0) is 44.9 Å². The van der Waals surface area contributed by atoms with E-state index in [4.69, 9.17) is 14.2 Å². The number of ether oxygens (including phenoxy) is 3. The second-order valence-corrected chi connectivity index (χ2v) is 16.1. The van der Waals surface area contributed by atoms with Crippen LogP contribution in [0.4, 0.5) is 0 Å². The largest absolute Gasteiger partial charge is 0.462 e. The molecule has 0 amide bonds. The molecule has 0 heterocycles. The molecule has 6 heteroatoms. The van der Waals surface area contributed by atoms with Gasteiger partial charge in [-0.1, -0.05) is 212 Å². The first-order valence-electron chi connectivity index (χ1n) is 23.9. The van der Waals surface area contributed by atoms with E-state index in [1.807, 2.05) is 0 Å². The van der Waals surface area contributed by atoms with Crippen LogP contribution in [-0.4, -0.2) is 37.2 Å². The van der Waals surface area contributed by atoms with Crippen molar-refractivity contribution >= 4 is 17.9 Å². The molecular weight excluding hydrogens is 685 g/mol. The Kier molecular flexibility index (Phi) is 42.9. The second kappa shape index (κ2) is 44.6. The van der Waals surface area contributed by atoms with E-state index in [9.17, 15) is 14.4 Å². The highest BCUT2D eigenvalue weighted by Crippen LogP contribution is 2.15. The Hall–Kier alpha value is -2.11. The zero-order chi connectivity index (χ0) is 40.1. The molecule has 0 aromatic rings. The first-order valence-corrected chi connectivity index (χ1v) is 23.9. The van der Waals surface area contributed by atoms with Gasteiger partial charge < -0.3 is 14.2 Å². The quantitative estimate of drug-likeness (QED) is 0.0266. The molecule has 0 fully saturated rings. The molecule has 0 aromatic heterocycles. The number of hydrogen-bond acceptors (Lipinski definition) is 6. The minimum absolute atomic E-state index is 0.0727. The third kappa shape index (κ3) is 42.9. The summed E-state index contributed by atoms with van der Waals surface area (Å²) in [5, 5.41) is 0. The minimum Gasteiger partial charge on any atom is -0.462 e. The zero-order valence-electron chi connectivity index (χ0n) is 36.7.